The molecule has 1 heterocycles. The summed E-state index contributed by atoms with van der Waals surface area (Å²) in [4.78, 5) is 0.231. The Morgan fingerprint density at radius 1 is 0.885 bits per heavy atom. The normalized spacial score (nSPS) is 11.6. The first-order valence-corrected chi connectivity index (χ1v) is 9.52. The van der Waals surface area contributed by atoms with Gasteiger partial charge in [-0.15, -0.1) is 5.10 Å². The molecule has 0 aliphatic heterocycles. The molecule has 1 aromatic heterocycles. The fraction of sp³-hybridized carbons (Fsp3) is 0.0526. The molecule has 26 heavy (non-hydrogen) atoms. The van der Waals surface area contributed by atoms with Crippen molar-refractivity contribution in [2.75, 3.05) is 4.72 Å². The average Bonchev–Trinajstić information content (AvgIpc) is 3.07. The van der Waals surface area contributed by atoms with Gasteiger partial charge in [-0.1, -0.05) is 35.0 Å². The van der Waals surface area contributed by atoms with Gasteiger partial charge in [-0.05, 0) is 55.5 Å². The largest absolute Gasteiger partial charge is 0.280 e. The SMILES string of the molecule is Cc1ccc(S(=O)(=O)Nc2ccc(-n3nnc4ccccc43)cc2)cc1. The number of anilines is 1. The third kappa shape index (κ3) is 3.04. The number of rotatable bonds is 4. The van der Waals surface area contributed by atoms with Gasteiger partial charge in [0.25, 0.3) is 10.0 Å². The number of nitrogens with one attached hydrogen (secondary N) is 1. The number of hydrogen-bond acceptors (Lipinski definition) is 4. The van der Waals surface area contributed by atoms with E-state index in [1.54, 1.807) is 53.2 Å². The minimum absolute atomic E-state index is 0.231. The molecule has 130 valence electrons. The Hall–Kier alpha value is -3.19. The highest BCUT2D eigenvalue weighted by Gasteiger charge is 2.14. The van der Waals surface area contributed by atoms with Gasteiger partial charge in [0.15, 0.2) is 0 Å². The number of fused-ring (bicyclic) bond motifs is 1. The molecule has 0 aliphatic carbocycles. The maximum absolute atomic E-state index is 12.5. The molecule has 0 amide bonds. The zero-order valence-electron chi connectivity index (χ0n) is 14.0. The van der Waals surface area contributed by atoms with Crippen molar-refractivity contribution in [3.63, 3.8) is 0 Å². The van der Waals surface area contributed by atoms with Gasteiger partial charge in [0.2, 0.25) is 0 Å². The Bertz CT molecular complexity index is 1160. The van der Waals surface area contributed by atoms with Crippen LogP contribution in [0.3, 0.4) is 0 Å². The zero-order valence-corrected chi connectivity index (χ0v) is 14.8. The van der Waals surface area contributed by atoms with E-state index < -0.39 is 10.0 Å². The molecule has 0 saturated carbocycles. The molecule has 4 rings (SSSR count). The van der Waals surface area contributed by atoms with Crippen molar-refractivity contribution in [2.45, 2.75) is 11.8 Å². The van der Waals surface area contributed by atoms with Crippen LogP contribution >= 0.6 is 0 Å². The standard InChI is InChI=1S/C19H16N4O2S/c1-14-6-12-17(13-7-14)26(24,25)21-15-8-10-16(11-9-15)23-19-5-3-2-4-18(19)20-22-23/h2-13,21H,1H3. The molecule has 0 radical (unpaired) electrons. The Kier molecular flexibility index (Phi) is 3.93. The maximum atomic E-state index is 12.5. The lowest BCUT2D eigenvalue weighted by Gasteiger charge is -2.09. The number of benzene rings is 3. The fourth-order valence-corrected chi connectivity index (χ4v) is 3.72. The first kappa shape index (κ1) is 16.3. The summed E-state index contributed by atoms with van der Waals surface area (Å²) in [5.74, 6) is 0. The predicted octanol–water partition coefficient (Wildman–Crippen LogP) is 3.53. The lowest BCUT2D eigenvalue weighted by Crippen LogP contribution is -2.12. The van der Waals surface area contributed by atoms with E-state index in [0.29, 0.717) is 5.69 Å². The highest BCUT2D eigenvalue weighted by molar-refractivity contribution is 7.92. The van der Waals surface area contributed by atoms with Crippen LogP contribution in [-0.2, 0) is 10.0 Å². The van der Waals surface area contributed by atoms with Crippen molar-refractivity contribution >= 4 is 26.7 Å². The smallest absolute Gasteiger partial charge is 0.261 e. The summed E-state index contributed by atoms with van der Waals surface area (Å²) < 4.78 is 29.2. The molecular weight excluding hydrogens is 348 g/mol. The van der Waals surface area contributed by atoms with E-state index >= 15 is 0 Å². The third-order valence-electron chi connectivity index (χ3n) is 4.05. The number of nitrogens with zero attached hydrogens (tertiary/aromatic N) is 3. The maximum Gasteiger partial charge on any atom is 0.261 e. The fourth-order valence-electron chi connectivity index (χ4n) is 2.66. The van der Waals surface area contributed by atoms with Crippen molar-refractivity contribution in [1.82, 2.24) is 15.0 Å². The van der Waals surface area contributed by atoms with Gasteiger partial charge in [0.05, 0.1) is 16.1 Å². The molecule has 0 unspecified atom stereocenters. The van der Waals surface area contributed by atoms with Crippen molar-refractivity contribution < 1.29 is 8.42 Å². The molecule has 3 aromatic carbocycles. The van der Waals surface area contributed by atoms with E-state index in [0.717, 1.165) is 22.3 Å². The molecule has 0 atom stereocenters. The lowest BCUT2D eigenvalue weighted by atomic mass is 10.2. The molecule has 1 N–H and O–H groups in total. The quantitative estimate of drug-likeness (QED) is 0.601. The Morgan fingerprint density at radius 3 is 2.31 bits per heavy atom. The van der Waals surface area contributed by atoms with Gasteiger partial charge in [0, 0.05) is 5.69 Å². The summed E-state index contributed by atoms with van der Waals surface area (Å²) in [6.45, 7) is 1.91. The van der Waals surface area contributed by atoms with E-state index in [1.165, 1.54) is 0 Å². The molecule has 0 spiro atoms. The van der Waals surface area contributed by atoms with Gasteiger partial charge in [0.1, 0.15) is 5.52 Å². The minimum Gasteiger partial charge on any atom is -0.280 e. The van der Waals surface area contributed by atoms with E-state index in [-0.39, 0.29) is 4.90 Å². The second-order valence-corrected chi connectivity index (χ2v) is 7.64. The number of aromatic nitrogens is 3. The van der Waals surface area contributed by atoms with Crippen LogP contribution < -0.4 is 4.72 Å². The van der Waals surface area contributed by atoms with Crippen molar-refractivity contribution in [2.24, 2.45) is 0 Å². The monoisotopic (exact) mass is 364 g/mol. The highest BCUT2D eigenvalue weighted by Crippen LogP contribution is 2.20. The van der Waals surface area contributed by atoms with Crippen LogP contribution in [0.2, 0.25) is 0 Å². The highest BCUT2D eigenvalue weighted by atomic mass is 32.2. The first-order valence-electron chi connectivity index (χ1n) is 8.03. The molecule has 7 heteroatoms. The number of para-hydroxylation sites is 1. The summed E-state index contributed by atoms with van der Waals surface area (Å²) in [5, 5.41) is 8.28. The Labute approximate surface area is 151 Å². The van der Waals surface area contributed by atoms with Crippen molar-refractivity contribution in [3.8, 4) is 5.69 Å². The van der Waals surface area contributed by atoms with Crippen LogP contribution in [0.5, 0.6) is 0 Å². The Balaban J connectivity index is 1.61. The molecule has 6 nitrogen and oxygen atoms in total. The molecule has 4 aromatic rings. The van der Waals surface area contributed by atoms with Crippen LogP contribution in [0, 0.1) is 6.92 Å². The molecular formula is C19H16N4O2S. The van der Waals surface area contributed by atoms with Crippen LogP contribution in [0.1, 0.15) is 5.56 Å². The molecule has 0 fully saturated rings. The molecule has 0 bridgehead atoms. The zero-order chi connectivity index (χ0) is 18.1. The molecule has 0 saturated heterocycles. The van der Waals surface area contributed by atoms with E-state index in [2.05, 4.69) is 15.0 Å². The van der Waals surface area contributed by atoms with Crippen molar-refractivity contribution in [3.05, 3.63) is 78.4 Å². The second kappa shape index (κ2) is 6.27. The second-order valence-electron chi connectivity index (χ2n) is 5.96. The summed E-state index contributed by atoms with van der Waals surface area (Å²) in [6.07, 6.45) is 0. The van der Waals surface area contributed by atoms with Crippen LogP contribution in [0.25, 0.3) is 16.7 Å². The van der Waals surface area contributed by atoms with Gasteiger partial charge >= 0.3 is 0 Å². The topological polar surface area (TPSA) is 76.9 Å². The summed E-state index contributed by atoms with van der Waals surface area (Å²) in [5.41, 5.74) is 3.99. The van der Waals surface area contributed by atoms with E-state index in [4.69, 9.17) is 0 Å². The van der Waals surface area contributed by atoms with Crippen molar-refractivity contribution in [1.29, 1.82) is 0 Å². The summed E-state index contributed by atoms with van der Waals surface area (Å²) >= 11 is 0. The van der Waals surface area contributed by atoms with Crippen LogP contribution in [0.15, 0.2) is 77.7 Å². The average molecular weight is 364 g/mol. The van der Waals surface area contributed by atoms with Crippen LogP contribution in [-0.4, -0.2) is 23.4 Å². The number of sulfonamides is 1. The minimum atomic E-state index is -3.62. The summed E-state index contributed by atoms with van der Waals surface area (Å²) in [6, 6.07) is 21.4. The predicted molar refractivity (Wildman–Crippen MR) is 101 cm³/mol. The lowest BCUT2D eigenvalue weighted by molar-refractivity contribution is 0.601. The third-order valence-corrected chi connectivity index (χ3v) is 5.44. The van der Waals surface area contributed by atoms with Gasteiger partial charge < -0.3 is 0 Å². The van der Waals surface area contributed by atoms with Crippen LogP contribution in [0.4, 0.5) is 5.69 Å². The van der Waals surface area contributed by atoms with Gasteiger partial charge in [-0.3, -0.25) is 4.72 Å². The molecule has 0 aliphatic rings. The van der Waals surface area contributed by atoms with Gasteiger partial charge in [-0.2, -0.15) is 0 Å². The Morgan fingerprint density at radius 2 is 1.58 bits per heavy atom. The summed E-state index contributed by atoms with van der Waals surface area (Å²) in [7, 11) is -3.62. The van der Waals surface area contributed by atoms with E-state index in [1.807, 2.05) is 31.2 Å². The van der Waals surface area contributed by atoms with E-state index in [9.17, 15) is 8.42 Å². The number of aryl methyl sites for hydroxylation is 1. The number of hydrogen-bond donors (Lipinski definition) is 1. The van der Waals surface area contributed by atoms with Gasteiger partial charge in [-0.25, -0.2) is 13.1 Å². The first-order chi connectivity index (χ1) is 12.5.